The quantitative estimate of drug-likeness (QED) is 0.778. The summed E-state index contributed by atoms with van der Waals surface area (Å²) < 4.78 is 0. The van der Waals surface area contributed by atoms with Crippen molar-refractivity contribution in [2.24, 2.45) is 5.73 Å². The van der Waals surface area contributed by atoms with Crippen LogP contribution in [0.5, 0.6) is 0 Å². The van der Waals surface area contributed by atoms with Crippen molar-refractivity contribution < 1.29 is 0 Å². The molecule has 90 valence electrons. The lowest BCUT2D eigenvalue weighted by molar-refractivity contribution is 0.587. The summed E-state index contributed by atoms with van der Waals surface area (Å²) in [4.78, 5) is 0. The van der Waals surface area contributed by atoms with Crippen molar-refractivity contribution in [3.05, 3.63) is 58.3 Å². The van der Waals surface area contributed by atoms with E-state index in [1.54, 1.807) is 0 Å². The summed E-state index contributed by atoms with van der Waals surface area (Å²) in [5.74, 6) is 0. The summed E-state index contributed by atoms with van der Waals surface area (Å²) in [6, 6.07) is 4.53. The van der Waals surface area contributed by atoms with E-state index in [-0.39, 0.29) is 5.41 Å². The number of allylic oxidation sites excluding steroid dienone is 3. The van der Waals surface area contributed by atoms with Crippen LogP contribution in [0.1, 0.15) is 35.6 Å². The summed E-state index contributed by atoms with van der Waals surface area (Å²) >= 11 is 0. The highest BCUT2D eigenvalue weighted by molar-refractivity contribution is 5.47. The van der Waals surface area contributed by atoms with Crippen molar-refractivity contribution in [3.63, 3.8) is 0 Å². The molecule has 0 spiro atoms. The molecule has 2 N–H and O–H groups in total. The van der Waals surface area contributed by atoms with Gasteiger partial charge in [0.15, 0.2) is 0 Å². The fourth-order valence-electron chi connectivity index (χ4n) is 3.01. The minimum absolute atomic E-state index is 0.0880. The number of nitrogens with two attached hydrogens (primary N) is 1. The zero-order valence-electron chi connectivity index (χ0n) is 11.2. The number of benzene rings is 1. The van der Waals surface area contributed by atoms with Crippen LogP contribution in [0.25, 0.3) is 0 Å². The maximum Gasteiger partial charge on any atom is 0.0270 e. The zero-order chi connectivity index (χ0) is 12.6. The van der Waals surface area contributed by atoms with E-state index in [1.165, 1.54) is 22.3 Å². The first kappa shape index (κ1) is 12.0. The highest BCUT2D eigenvalue weighted by Crippen LogP contribution is 2.37. The smallest absolute Gasteiger partial charge is 0.0270 e. The van der Waals surface area contributed by atoms with Gasteiger partial charge in [-0.05, 0) is 50.0 Å². The molecule has 1 atom stereocenters. The summed E-state index contributed by atoms with van der Waals surface area (Å²) in [6.45, 7) is 8.85. The normalized spacial score (nSPS) is 23.6. The van der Waals surface area contributed by atoms with Gasteiger partial charge in [0.25, 0.3) is 0 Å². The molecule has 0 bridgehead atoms. The third-order valence-corrected chi connectivity index (χ3v) is 3.65. The predicted octanol–water partition coefficient (Wildman–Crippen LogP) is 3.67. The van der Waals surface area contributed by atoms with Crippen molar-refractivity contribution in [1.82, 2.24) is 0 Å². The third kappa shape index (κ3) is 2.14. The molecule has 1 aliphatic rings. The minimum atomic E-state index is 0.0880. The van der Waals surface area contributed by atoms with Crippen LogP contribution >= 0.6 is 0 Å². The first-order valence-electron chi connectivity index (χ1n) is 6.15. The fourth-order valence-corrected chi connectivity index (χ4v) is 3.01. The Morgan fingerprint density at radius 3 is 2.18 bits per heavy atom. The van der Waals surface area contributed by atoms with Gasteiger partial charge >= 0.3 is 0 Å². The Hall–Kier alpha value is -1.50. The first-order valence-corrected chi connectivity index (χ1v) is 6.15. The van der Waals surface area contributed by atoms with Crippen LogP contribution in [0.2, 0.25) is 0 Å². The summed E-state index contributed by atoms with van der Waals surface area (Å²) in [7, 11) is 0. The molecule has 1 aromatic carbocycles. The number of aryl methyl sites for hydroxylation is 3. The van der Waals surface area contributed by atoms with Crippen LogP contribution in [0.4, 0.5) is 0 Å². The second-order valence-electron chi connectivity index (χ2n) is 5.43. The first-order chi connectivity index (χ1) is 7.92. The molecule has 0 heterocycles. The number of hydrogen-bond donors (Lipinski definition) is 1. The van der Waals surface area contributed by atoms with Gasteiger partial charge in [-0.15, -0.1) is 0 Å². The summed E-state index contributed by atoms with van der Waals surface area (Å²) in [5.41, 5.74) is 12.3. The lowest BCUT2D eigenvalue weighted by Gasteiger charge is -2.31. The van der Waals surface area contributed by atoms with Crippen LogP contribution in [0.3, 0.4) is 0 Å². The van der Waals surface area contributed by atoms with Crippen molar-refractivity contribution in [3.8, 4) is 0 Å². The molecule has 0 saturated carbocycles. The molecule has 17 heavy (non-hydrogen) atoms. The largest absolute Gasteiger partial charge is 0.399 e. The molecule has 1 aliphatic carbocycles. The molecule has 0 aliphatic heterocycles. The molecule has 1 aromatic rings. The van der Waals surface area contributed by atoms with Gasteiger partial charge in [-0.25, -0.2) is 0 Å². The molecule has 1 heteroatoms. The maximum atomic E-state index is 5.81. The van der Waals surface area contributed by atoms with Gasteiger partial charge in [-0.2, -0.15) is 0 Å². The van der Waals surface area contributed by atoms with E-state index in [0.717, 1.165) is 12.1 Å². The molecule has 1 nitrogen and oxygen atoms in total. The Labute approximate surface area is 104 Å². The van der Waals surface area contributed by atoms with Crippen LogP contribution < -0.4 is 5.73 Å². The van der Waals surface area contributed by atoms with E-state index in [1.807, 2.05) is 6.08 Å². The van der Waals surface area contributed by atoms with Gasteiger partial charge in [-0.1, -0.05) is 36.8 Å². The van der Waals surface area contributed by atoms with E-state index in [2.05, 4.69) is 52.0 Å². The topological polar surface area (TPSA) is 26.0 Å². The van der Waals surface area contributed by atoms with E-state index in [9.17, 15) is 0 Å². The van der Waals surface area contributed by atoms with Crippen LogP contribution in [0, 0.1) is 20.8 Å². The average Bonchev–Trinajstić information content (AvgIpc) is 2.21. The van der Waals surface area contributed by atoms with Crippen LogP contribution in [-0.4, -0.2) is 0 Å². The van der Waals surface area contributed by atoms with Crippen molar-refractivity contribution in [2.45, 2.75) is 39.5 Å². The highest BCUT2D eigenvalue weighted by atomic mass is 14.6. The summed E-state index contributed by atoms with van der Waals surface area (Å²) in [6.07, 6.45) is 7.38. The third-order valence-electron chi connectivity index (χ3n) is 3.65. The van der Waals surface area contributed by atoms with Crippen LogP contribution in [-0.2, 0) is 5.41 Å². The molecule has 0 aromatic heterocycles. The van der Waals surface area contributed by atoms with Crippen molar-refractivity contribution >= 4 is 0 Å². The van der Waals surface area contributed by atoms with Crippen molar-refractivity contribution in [2.75, 3.05) is 0 Å². The molecule has 0 saturated heterocycles. The van der Waals surface area contributed by atoms with E-state index in [4.69, 9.17) is 5.73 Å². The Balaban J connectivity index is 2.52. The Morgan fingerprint density at radius 2 is 1.71 bits per heavy atom. The minimum Gasteiger partial charge on any atom is -0.399 e. The van der Waals surface area contributed by atoms with Gasteiger partial charge in [0.2, 0.25) is 0 Å². The Kier molecular flexibility index (Phi) is 2.86. The molecule has 1 unspecified atom stereocenters. The lowest BCUT2D eigenvalue weighted by atomic mass is 9.73. The lowest BCUT2D eigenvalue weighted by Crippen LogP contribution is -2.24. The zero-order valence-corrected chi connectivity index (χ0v) is 11.2. The molecule has 0 fully saturated rings. The van der Waals surface area contributed by atoms with Gasteiger partial charge in [0, 0.05) is 11.1 Å². The monoisotopic (exact) mass is 227 g/mol. The fraction of sp³-hybridized carbons (Fsp3) is 0.375. The molecular weight excluding hydrogens is 206 g/mol. The van der Waals surface area contributed by atoms with E-state index >= 15 is 0 Å². The van der Waals surface area contributed by atoms with Gasteiger partial charge in [0.1, 0.15) is 0 Å². The van der Waals surface area contributed by atoms with Gasteiger partial charge < -0.3 is 5.73 Å². The Bertz CT molecular complexity index is 485. The number of hydrogen-bond acceptors (Lipinski definition) is 1. The molecule has 0 amide bonds. The predicted molar refractivity (Wildman–Crippen MR) is 74.0 cm³/mol. The van der Waals surface area contributed by atoms with E-state index in [0.29, 0.717) is 0 Å². The second-order valence-corrected chi connectivity index (χ2v) is 5.43. The second kappa shape index (κ2) is 4.06. The SMILES string of the molecule is Cc1cc(C)c(C2(C)C=CC(N)=CC2)c(C)c1. The van der Waals surface area contributed by atoms with Gasteiger partial charge in [0.05, 0.1) is 0 Å². The molecular formula is C16H21N. The van der Waals surface area contributed by atoms with E-state index < -0.39 is 0 Å². The number of rotatable bonds is 1. The van der Waals surface area contributed by atoms with Crippen molar-refractivity contribution in [1.29, 1.82) is 0 Å². The Morgan fingerprint density at radius 1 is 1.12 bits per heavy atom. The molecule has 2 rings (SSSR count). The van der Waals surface area contributed by atoms with Gasteiger partial charge in [-0.3, -0.25) is 0 Å². The average molecular weight is 227 g/mol. The summed E-state index contributed by atoms with van der Waals surface area (Å²) in [5, 5.41) is 0. The molecule has 0 radical (unpaired) electrons. The highest BCUT2D eigenvalue weighted by Gasteiger charge is 2.27. The standard InChI is InChI=1S/C16H21N/c1-11-9-12(2)15(13(3)10-11)16(4)7-5-14(17)6-8-16/h5-7,9-10H,8,17H2,1-4H3. The maximum absolute atomic E-state index is 5.81. The van der Waals surface area contributed by atoms with Crippen LogP contribution in [0.15, 0.2) is 36.1 Å².